The van der Waals surface area contributed by atoms with Crippen LogP contribution in [0.4, 0.5) is 11.6 Å². The Morgan fingerprint density at radius 1 is 0.911 bits per heavy atom. The van der Waals surface area contributed by atoms with Crippen molar-refractivity contribution in [3.05, 3.63) is 23.2 Å². The number of rotatable bonds is 2. The van der Waals surface area contributed by atoms with Gasteiger partial charge in [0.2, 0.25) is 10.6 Å². The minimum atomic E-state index is -4.26. The van der Waals surface area contributed by atoms with Gasteiger partial charge in [-0.05, 0) is 35.0 Å². The van der Waals surface area contributed by atoms with Gasteiger partial charge in [-0.3, -0.25) is 18.2 Å². The van der Waals surface area contributed by atoms with E-state index in [-0.39, 0.29) is 51.0 Å². The van der Waals surface area contributed by atoms with Crippen LogP contribution in [0.5, 0.6) is 0 Å². The number of fused-ring (bicyclic) bond motifs is 5. The van der Waals surface area contributed by atoms with E-state index in [4.69, 9.17) is 74.0 Å². The maximum absolute atomic E-state index is 13.6. The summed E-state index contributed by atoms with van der Waals surface area (Å²) in [6, 6.07) is 0. The summed E-state index contributed by atoms with van der Waals surface area (Å²) in [4.78, 5) is 35.6. The molecule has 242 valence electrons. The van der Waals surface area contributed by atoms with Gasteiger partial charge in [0.1, 0.15) is 41.7 Å². The summed E-state index contributed by atoms with van der Waals surface area (Å²) >= 11 is 21.4. The molecule has 6 N–H and O–H groups in total. The summed E-state index contributed by atoms with van der Waals surface area (Å²) in [5.41, 5.74) is 12.8. The van der Waals surface area contributed by atoms with Gasteiger partial charge in [0.05, 0.1) is 32.0 Å². The van der Waals surface area contributed by atoms with Gasteiger partial charge >= 0.3 is 13.5 Å². The molecular formula is C20H22Cl2N10O9P2S2. The molecule has 2 bridgehead atoms. The van der Waals surface area contributed by atoms with Crippen LogP contribution in [-0.2, 0) is 43.9 Å². The van der Waals surface area contributed by atoms with Gasteiger partial charge in [0, 0.05) is 6.42 Å². The van der Waals surface area contributed by atoms with Gasteiger partial charge in [0.25, 0.3) is 0 Å². The Morgan fingerprint density at radius 3 is 2.18 bits per heavy atom. The van der Waals surface area contributed by atoms with Crippen LogP contribution in [0.1, 0.15) is 18.9 Å². The van der Waals surface area contributed by atoms with Crippen molar-refractivity contribution in [2.24, 2.45) is 0 Å². The molecule has 3 saturated heterocycles. The summed E-state index contributed by atoms with van der Waals surface area (Å²) in [5, 5.41) is 10.9. The molecule has 7 rings (SSSR count). The number of nitrogens with zero attached hydrogens (tertiary/aromatic N) is 8. The van der Waals surface area contributed by atoms with Crippen LogP contribution in [-0.4, -0.2) is 92.8 Å². The molecule has 0 aliphatic carbocycles. The first-order valence-corrected chi connectivity index (χ1v) is 18.9. The predicted molar refractivity (Wildman–Crippen MR) is 163 cm³/mol. The van der Waals surface area contributed by atoms with Crippen LogP contribution in [0.25, 0.3) is 22.3 Å². The third-order valence-corrected chi connectivity index (χ3v) is 10.8. The molecule has 3 fully saturated rings. The zero-order valence-corrected chi connectivity index (χ0v) is 27.3. The smallest absolute Gasteiger partial charge is 0.386 e. The number of hydrogen-bond acceptors (Lipinski definition) is 17. The van der Waals surface area contributed by atoms with E-state index >= 15 is 0 Å². The highest BCUT2D eigenvalue weighted by atomic mass is 35.5. The molecule has 9 atom stereocenters. The highest BCUT2D eigenvalue weighted by Gasteiger charge is 2.51. The first-order valence-electron chi connectivity index (χ1n) is 12.9. The fourth-order valence-corrected chi connectivity index (χ4v) is 8.54. The molecule has 3 aliphatic rings. The van der Waals surface area contributed by atoms with Crippen molar-refractivity contribution in [2.75, 3.05) is 24.7 Å². The van der Waals surface area contributed by atoms with E-state index in [9.17, 15) is 14.6 Å². The highest BCUT2D eigenvalue weighted by Crippen LogP contribution is 2.58. The Balaban J connectivity index is 1.19. The maximum atomic E-state index is 13.6. The first kappa shape index (κ1) is 31.8. The monoisotopic (exact) mass is 742 g/mol. The zero-order valence-electron chi connectivity index (χ0n) is 22.3. The summed E-state index contributed by atoms with van der Waals surface area (Å²) in [7, 11) is 0. The van der Waals surface area contributed by atoms with Crippen molar-refractivity contribution in [3.63, 3.8) is 0 Å². The molecule has 0 amide bonds. The molecule has 0 aromatic carbocycles. The van der Waals surface area contributed by atoms with E-state index in [0.29, 0.717) is 0 Å². The number of aliphatic hydroxyl groups excluding tert-OH is 1. The Kier molecular flexibility index (Phi) is 8.27. The molecule has 7 heterocycles. The fourth-order valence-electron chi connectivity index (χ4n) is 5.27. The third kappa shape index (κ3) is 6.04. The standard InChI is InChI=1S/C20H22Cl2N10O9P2S2/c21-19-27-14(23)10-16(29-19)31(4-25-10)9-1-6-7(38-9)2-36-43(35,45)41-13-12(33)8(3-37-42(34,44)40-6)39-18(13)32-5-26-11-15(24)28-20(22)30-17(11)32/h4-9,12-13,18,33H,1-3H2,(H,34,44)(H,35,45)(H2,23,27,29)(H2,24,28,30)/t6-,7-,8-,9-,12?,13+,18-,42?,43?/m1/s1. The minimum absolute atomic E-state index is 0.00441. The quantitative estimate of drug-likeness (QED) is 0.111. The lowest BCUT2D eigenvalue weighted by Gasteiger charge is -2.26. The number of aliphatic hydroxyl groups is 1. The van der Waals surface area contributed by atoms with E-state index in [1.165, 1.54) is 17.2 Å². The highest BCUT2D eigenvalue weighted by molar-refractivity contribution is 8.44. The second-order valence-electron chi connectivity index (χ2n) is 10.1. The lowest BCUT2D eigenvalue weighted by Crippen LogP contribution is -2.35. The van der Waals surface area contributed by atoms with Gasteiger partial charge in [-0.15, -0.1) is 0 Å². The molecule has 0 spiro atoms. The molecule has 25 heteroatoms. The van der Waals surface area contributed by atoms with E-state index in [0.717, 1.165) is 0 Å². The largest absolute Gasteiger partial charge is 0.387 e. The summed E-state index contributed by atoms with van der Waals surface area (Å²) in [6.45, 7) is -9.12. The van der Waals surface area contributed by atoms with Crippen LogP contribution in [0.15, 0.2) is 12.7 Å². The number of nitrogen functional groups attached to an aromatic ring is 2. The summed E-state index contributed by atoms with van der Waals surface area (Å²) in [6.07, 6.45) is -5.13. The number of hydrogen-bond donors (Lipinski definition) is 5. The van der Waals surface area contributed by atoms with Gasteiger partial charge in [0.15, 0.2) is 29.2 Å². The Labute approximate surface area is 272 Å². The number of ether oxygens (including phenoxy) is 2. The fraction of sp³-hybridized carbons (Fsp3) is 0.500. The van der Waals surface area contributed by atoms with Gasteiger partial charge < -0.3 is 40.0 Å². The average molecular weight is 743 g/mol. The predicted octanol–water partition coefficient (Wildman–Crippen LogP) is 1.76. The minimum Gasteiger partial charge on any atom is -0.387 e. The number of nitrogens with two attached hydrogens (primary N) is 2. The molecular weight excluding hydrogens is 721 g/mol. The Bertz CT molecular complexity index is 1910. The lowest BCUT2D eigenvalue weighted by atomic mass is 10.1. The number of thiol groups is 1. The van der Waals surface area contributed by atoms with Gasteiger partial charge in [-0.1, -0.05) is 12.2 Å². The van der Waals surface area contributed by atoms with Gasteiger partial charge in [-0.25, -0.2) is 14.5 Å². The van der Waals surface area contributed by atoms with Crippen molar-refractivity contribution < 1.29 is 42.1 Å². The van der Waals surface area contributed by atoms with E-state index < -0.39 is 69.7 Å². The van der Waals surface area contributed by atoms with E-state index in [1.807, 2.05) is 0 Å². The topological polar surface area (TPSA) is 252 Å². The van der Waals surface area contributed by atoms with Crippen LogP contribution in [0, 0.1) is 0 Å². The van der Waals surface area contributed by atoms with E-state index in [2.05, 4.69) is 42.2 Å². The summed E-state index contributed by atoms with van der Waals surface area (Å²) < 4.78 is 51.4. The first-order chi connectivity index (χ1) is 21.3. The molecule has 3 aliphatic heterocycles. The molecule has 45 heavy (non-hydrogen) atoms. The molecule has 4 aromatic heterocycles. The average Bonchev–Trinajstić information content (AvgIpc) is 3.72. The Hall–Kier alpha value is -1.81. The van der Waals surface area contributed by atoms with Crippen molar-refractivity contribution in [3.8, 4) is 0 Å². The zero-order chi connectivity index (χ0) is 31.8. The normalized spacial score (nSPS) is 36.1. The number of imidazole rings is 2. The molecule has 19 nitrogen and oxygen atoms in total. The molecule has 0 saturated carbocycles. The van der Waals surface area contributed by atoms with Crippen LogP contribution in [0.3, 0.4) is 0 Å². The number of anilines is 2. The number of halogens is 2. The molecule has 4 aromatic rings. The van der Waals surface area contributed by atoms with Crippen molar-refractivity contribution in [2.45, 2.75) is 49.4 Å². The Morgan fingerprint density at radius 2 is 1.51 bits per heavy atom. The lowest BCUT2D eigenvalue weighted by molar-refractivity contribution is -0.0583. The molecule has 0 radical (unpaired) electrons. The SMILES string of the molecule is Nc1nc(Cl)nc2c1ncn2[C@@H]1O[C@@H]2COP(O)(=S)O[C@@H]3C[C@H](n4cnc5c(N)nc(Cl)nc54)O[C@@H]3COP(=O)(S)O[C@H]1C2O. The second kappa shape index (κ2) is 11.7. The summed E-state index contributed by atoms with van der Waals surface area (Å²) in [5.74, 6) is 0.0617. The number of aromatic nitrogens is 8. The van der Waals surface area contributed by atoms with Crippen LogP contribution in [0.2, 0.25) is 10.6 Å². The van der Waals surface area contributed by atoms with Crippen molar-refractivity contribution in [1.29, 1.82) is 0 Å². The second-order valence-corrected chi connectivity index (χ2v) is 16.4. The maximum Gasteiger partial charge on any atom is 0.386 e. The van der Waals surface area contributed by atoms with Crippen LogP contribution >= 0.6 is 49.0 Å². The van der Waals surface area contributed by atoms with Gasteiger partial charge in [-0.2, -0.15) is 19.9 Å². The molecule has 3 unspecified atom stereocenters. The van der Waals surface area contributed by atoms with Crippen molar-refractivity contribution in [1.82, 2.24) is 39.0 Å². The van der Waals surface area contributed by atoms with Crippen molar-refractivity contribution >= 4 is 94.7 Å². The van der Waals surface area contributed by atoms with E-state index in [1.54, 1.807) is 4.57 Å². The third-order valence-electron chi connectivity index (χ3n) is 7.25. The van der Waals surface area contributed by atoms with Crippen LogP contribution < -0.4 is 11.5 Å².